The molecule has 0 aliphatic rings. The highest BCUT2D eigenvalue weighted by molar-refractivity contribution is 7.13. The molecule has 2 aromatic rings. The van der Waals surface area contributed by atoms with Gasteiger partial charge in [0.15, 0.2) is 0 Å². The number of halogens is 2. The second kappa shape index (κ2) is 6.84. The van der Waals surface area contributed by atoms with Crippen molar-refractivity contribution in [1.29, 1.82) is 0 Å². The van der Waals surface area contributed by atoms with Crippen LogP contribution in [-0.4, -0.2) is 11.6 Å². The van der Waals surface area contributed by atoms with Gasteiger partial charge in [0.2, 0.25) is 0 Å². The van der Waals surface area contributed by atoms with Crippen LogP contribution in [0.5, 0.6) is 5.75 Å². The second-order valence-corrected chi connectivity index (χ2v) is 4.36. The average Bonchev–Trinajstić information content (AvgIpc) is 2.79. The number of benzene rings is 1. The standard InChI is InChI=1S/C12H12ClNOS.ClH/c1-2-15-11-5-3-9(4-6-11)12-14-10(7-13)8-16-12;/h3-6,8H,2,7H2,1H3;1H/p-1. The maximum Gasteiger partial charge on any atom is 0.123 e. The van der Waals surface area contributed by atoms with Crippen molar-refractivity contribution in [3.63, 3.8) is 0 Å². The zero-order chi connectivity index (χ0) is 11.4. The highest BCUT2D eigenvalue weighted by Gasteiger charge is 2.04. The molecule has 1 heterocycles. The van der Waals surface area contributed by atoms with Gasteiger partial charge in [0.05, 0.1) is 18.2 Å². The minimum Gasteiger partial charge on any atom is -1.00 e. The lowest BCUT2D eigenvalue weighted by atomic mass is 10.2. The van der Waals surface area contributed by atoms with E-state index in [0.717, 1.165) is 22.0 Å². The van der Waals surface area contributed by atoms with Gasteiger partial charge in [-0.3, -0.25) is 0 Å². The van der Waals surface area contributed by atoms with Crippen LogP contribution in [0.25, 0.3) is 10.6 Å². The van der Waals surface area contributed by atoms with Gasteiger partial charge in [0.1, 0.15) is 10.8 Å². The van der Waals surface area contributed by atoms with Crippen molar-refractivity contribution in [3.8, 4) is 16.3 Å². The largest absolute Gasteiger partial charge is 1.00 e. The van der Waals surface area contributed by atoms with Crippen LogP contribution in [0.4, 0.5) is 0 Å². The molecule has 0 N–H and O–H groups in total. The maximum absolute atomic E-state index is 5.72. The van der Waals surface area contributed by atoms with Gasteiger partial charge >= 0.3 is 0 Å². The first-order chi connectivity index (χ1) is 7.83. The number of nitrogens with zero attached hydrogens (tertiary/aromatic N) is 1. The normalized spacial score (nSPS) is 9.76. The van der Waals surface area contributed by atoms with Gasteiger partial charge in [0.25, 0.3) is 0 Å². The van der Waals surface area contributed by atoms with Gasteiger partial charge in [-0.15, -0.1) is 22.9 Å². The van der Waals surface area contributed by atoms with Crippen molar-refractivity contribution >= 4 is 22.9 Å². The molecule has 0 radical (unpaired) electrons. The molecule has 0 bridgehead atoms. The van der Waals surface area contributed by atoms with Crippen molar-refractivity contribution < 1.29 is 17.1 Å². The van der Waals surface area contributed by atoms with Gasteiger partial charge in [0, 0.05) is 10.9 Å². The molecule has 17 heavy (non-hydrogen) atoms. The van der Waals surface area contributed by atoms with E-state index in [4.69, 9.17) is 16.3 Å². The number of thiazole rings is 1. The summed E-state index contributed by atoms with van der Waals surface area (Å²) in [6.45, 7) is 2.66. The van der Waals surface area contributed by atoms with Crippen molar-refractivity contribution in [2.45, 2.75) is 12.8 Å². The Morgan fingerprint density at radius 3 is 2.53 bits per heavy atom. The topological polar surface area (TPSA) is 22.1 Å². The summed E-state index contributed by atoms with van der Waals surface area (Å²) in [6, 6.07) is 7.95. The lowest BCUT2D eigenvalue weighted by Crippen LogP contribution is -3.00. The Hall–Kier alpha value is -0.770. The maximum atomic E-state index is 5.72. The van der Waals surface area contributed by atoms with Gasteiger partial charge < -0.3 is 17.1 Å². The first kappa shape index (κ1) is 14.3. The van der Waals surface area contributed by atoms with Crippen LogP contribution in [0.3, 0.4) is 0 Å². The fourth-order valence-corrected chi connectivity index (χ4v) is 2.42. The molecule has 1 aromatic carbocycles. The van der Waals surface area contributed by atoms with E-state index in [1.54, 1.807) is 11.3 Å². The number of hydrogen-bond donors (Lipinski definition) is 0. The Bertz CT molecular complexity index is 456. The minimum absolute atomic E-state index is 0. The fraction of sp³-hybridized carbons (Fsp3) is 0.250. The summed E-state index contributed by atoms with van der Waals surface area (Å²) >= 11 is 7.33. The summed E-state index contributed by atoms with van der Waals surface area (Å²) in [7, 11) is 0. The number of rotatable bonds is 4. The van der Waals surface area contributed by atoms with Crippen molar-refractivity contribution in [2.75, 3.05) is 6.61 Å². The van der Waals surface area contributed by atoms with Crippen molar-refractivity contribution in [1.82, 2.24) is 4.98 Å². The molecule has 5 heteroatoms. The molecule has 0 unspecified atom stereocenters. The highest BCUT2D eigenvalue weighted by Crippen LogP contribution is 2.26. The van der Waals surface area contributed by atoms with Gasteiger partial charge in [-0.2, -0.15) is 0 Å². The molecule has 0 spiro atoms. The molecule has 92 valence electrons. The van der Waals surface area contributed by atoms with Crippen LogP contribution >= 0.6 is 22.9 Å². The second-order valence-electron chi connectivity index (χ2n) is 3.24. The van der Waals surface area contributed by atoms with Crippen LogP contribution in [0.2, 0.25) is 0 Å². The molecular weight excluding hydrogens is 277 g/mol. The molecule has 0 fully saturated rings. The third kappa shape index (κ3) is 3.60. The van der Waals surface area contributed by atoms with E-state index in [2.05, 4.69) is 4.98 Å². The molecule has 0 saturated carbocycles. The number of ether oxygens (including phenoxy) is 1. The smallest absolute Gasteiger partial charge is 0.123 e. The summed E-state index contributed by atoms with van der Waals surface area (Å²) < 4.78 is 5.38. The molecule has 0 atom stereocenters. The minimum atomic E-state index is 0. The SMILES string of the molecule is CCOc1ccc(-c2nc(CCl)cs2)cc1.[Cl-]. The third-order valence-electron chi connectivity index (χ3n) is 2.10. The van der Waals surface area contributed by atoms with E-state index in [1.165, 1.54) is 0 Å². The average molecular weight is 289 g/mol. The Morgan fingerprint density at radius 2 is 2.00 bits per heavy atom. The Kier molecular flexibility index (Phi) is 5.75. The van der Waals surface area contributed by atoms with Crippen molar-refractivity contribution in [2.24, 2.45) is 0 Å². The molecule has 2 rings (SSSR count). The summed E-state index contributed by atoms with van der Waals surface area (Å²) in [6.07, 6.45) is 0. The Labute approximate surface area is 116 Å². The van der Waals surface area contributed by atoms with E-state index in [9.17, 15) is 0 Å². The van der Waals surface area contributed by atoms with Crippen molar-refractivity contribution in [3.05, 3.63) is 35.3 Å². The van der Waals surface area contributed by atoms with E-state index < -0.39 is 0 Å². The molecule has 0 aliphatic heterocycles. The monoisotopic (exact) mass is 288 g/mol. The quantitative estimate of drug-likeness (QED) is 0.782. The highest BCUT2D eigenvalue weighted by atomic mass is 35.5. The molecule has 2 nitrogen and oxygen atoms in total. The van der Waals surface area contributed by atoms with Crippen LogP contribution in [0, 0.1) is 0 Å². The number of aromatic nitrogens is 1. The first-order valence-corrected chi connectivity index (χ1v) is 6.48. The van der Waals surface area contributed by atoms with Crippen LogP contribution in [0.15, 0.2) is 29.6 Å². The van der Waals surface area contributed by atoms with Crippen LogP contribution < -0.4 is 17.1 Å². The lowest BCUT2D eigenvalue weighted by Gasteiger charge is -2.02. The van der Waals surface area contributed by atoms with Gasteiger partial charge in [-0.05, 0) is 31.2 Å². The predicted octanol–water partition coefficient (Wildman–Crippen LogP) is 0.952. The first-order valence-electron chi connectivity index (χ1n) is 5.07. The predicted molar refractivity (Wildman–Crippen MR) is 68.3 cm³/mol. The lowest BCUT2D eigenvalue weighted by molar-refractivity contribution is -0.00000376. The summed E-state index contributed by atoms with van der Waals surface area (Å²) in [5.41, 5.74) is 2.03. The van der Waals surface area contributed by atoms with E-state index in [0.29, 0.717) is 12.5 Å². The van der Waals surface area contributed by atoms with Crippen LogP contribution in [0.1, 0.15) is 12.6 Å². The van der Waals surface area contributed by atoms with E-state index in [-0.39, 0.29) is 12.4 Å². The fourth-order valence-electron chi connectivity index (χ4n) is 1.36. The van der Waals surface area contributed by atoms with Gasteiger partial charge in [-0.25, -0.2) is 4.98 Å². The Balaban J connectivity index is 0.00000144. The molecule has 1 aromatic heterocycles. The Morgan fingerprint density at radius 1 is 1.29 bits per heavy atom. The number of alkyl halides is 1. The van der Waals surface area contributed by atoms with E-state index >= 15 is 0 Å². The van der Waals surface area contributed by atoms with E-state index in [1.807, 2.05) is 36.6 Å². The molecule has 0 amide bonds. The summed E-state index contributed by atoms with van der Waals surface area (Å²) in [5, 5.41) is 2.98. The summed E-state index contributed by atoms with van der Waals surface area (Å²) in [5.74, 6) is 1.36. The zero-order valence-electron chi connectivity index (χ0n) is 9.32. The molecule has 0 saturated heterocycles. The van der Waals surface area contributed by atoms with Gasteiger partial charge in [-0.1, -0.05) is 0 Å². The number of hydrogen-bond acceptors (Lipinski definition) is 3. The summed E-state index contributed by atoms with van der Waals surface area (Å²) in [4.78, 5) is 4.42. The third-order valence-corrected chi connectivity index (χ3v) is 3.31. The molecule has 0 aliphatic carbocycles. The van der Waals surface area contributed by atoms with Crippen LogP contribution in [-0.2, 0) is 5.88 Å². The zero-order valence-corrected chi connectivity index (χ0v) is 11.6. The molecular formula is C12H12Cl2NOS-.